The lowest BCUT2D eigenvalue weighted by molar-refractivity contribution is -0.130. The Kier molecular flexibility index (Phi) is 4.19. The van der Waals surface area contributed by atoms with Crippen LogP contribution in [-0.4, -0.2) is 30.4 Å². The number of carbonyl (C=O) groups is 1. The summed E-state index contributed by atoms with van der Waals surface area (Å²) in [6.45, 7) is 1.37. The molecule has 0 atom stereocenters. The monoisotopic (exact) mass is 269 g/mol. The van der Waals surface area contributed by atoms with Gasteiger partial charge >= 0.3 is 0 Å². The molecule has 3 N–H and O–H groups in total. The van der Waals surface area contributed by atoms with Gasteiger partial charge in [-0.05, 0) is 31.4 Å². The Labute approximate surface area is 110 Å². The first-order valence-corrected chi connectivity index (χ1v) is 6.34. The summed E-state index contributed by atoms with van der Waals surface area (Å²) in [5.41, 5.74) is 5.50. The van der Waals surface area contributed by atoms with Crippen LogP contribution in [0.3, 0.4) is 0 Å². The molecular formula is C13H17F2N3O. The third kappa shape index (κ3) is 3.13. The SMILES string of the molecule is Nc1ccc(F)c(F)c1NCC(=O)N1CCCCC1. The van der Waals surface area contributed by atoms with Crippen LogP contribution in [0.1, 0.15) is 19.3 Å². The lowest BCUT2D eigenvalue weighted by Crippen LogP contribution is -2.39. The van der Waals surface area contributed by atoms with Gasteiger partial charge in [-0.25, -0.2) is 8.78 Å². The van der Waals surface area contributed by atoms with Gasteiger partial charge in [0, 0.05) is 13.1 Å². The number of carbonyl (C=O) groups excluding carboxylic acids is 1. The van der Waals surface area contributed by atoms with Crippen LogP contribution in [0.4, 0.5) is 20.2 Å². The first-order chi connectivity index (χ1) is 9.09. The molecule has 2 rings (SSSR count). The van der Waals surface area contributed by atoms with E-state index in [1.165, 1.54) is 6.07 Å². The molecule has 1 aliphatic heterocycles. The first-order valence-electron chi connectivity index (χ1n) is 6.34. The average molecular weight is 269 g/mol. The second kappa shape index (κ2) is 5.86. The van der Waals surface area contributed by atoms with Gasteiger partial charge in [0.25, 0.3) is 0 Å². The van der Waals surface area contributed by atoms with E-state index in [4.69, 9.17) is 5.73 Å². The minimum atomic E-state index is -1.05. The van der Waals surface area contributed by atoms with E-state index in [-0.39, 0.29) is 23.8 Å². The Bertz CT molecular complexity index is 473. The number of benzene rings is 1. The van der Waals surface area contributed by atoms with Gasteiger partial charge in [-0.15, -0.1) is 0 Å². The highest BCUT2D eigenvalue weighted by atomic mass is 19.2. The average Bonchev–Trinajstić information content (AvgIpc) is 2.44. The number of likely N-dealkylation sites (tertiary alicyclic amines) is 1. The van der Waals surface area contributed by atoms with Crippen molar-refractivity contribution in [3.05, 3.63) is 23.8 Å². The summed E-state index contributed by atoms with van der Waals surface area (Å²) in [5.74, 6) is -2.16. The number of nitrogens with zero attached hydrogens (tertiary/aromatic N) is 1. The van der Waals surface area contributed by atoms with Crippen LogP contribution in [-0.2, 0) is 4.79 Å². The van der Waals surface area contributed by atoms with Crippen molar-refractivity contribution in [3.63, 3.8) is 0 Å². The number of rotatable bonds is 3. The Hall–Kier alpha value is -1.85. The van der Waals surface area contributed by atoms with E-state index in [1.807, 2.05) is 0 Å². The third-order valence-corrected chi connectivity index (χ3v) is 3.25. The van der Waals surface area contributed by atoms with Gasteiger partial charge in [0.1, 0.15) is 0 Å². The standard InChI is InChI=1S/C13H17F2N3O/c14-9-4-5-10(16)13(12(9)15)17-8-11(19)18-6-2-1-3-7-18/h4-5,17H,1-3,6-8,16H2. The van der Waals surface area contributed by atoms with Crippen LogP contribution in [0.25, 0.3) is 0 Å². The molecular weight excluding hydrogens is 252 g/mol. The summed E-state index contributed by atoms with van der Waals surface area (Å²) >= 11 is 0. The number of amides is 1. The van der Waals surface area contributed by atoms with Crippen molar-refractivity contribution in [2.75, 3.05) is 30.7 Å². The van der Waals surface area contributed by atoms with Crippen LogP contribution in [0.2, 0.25) is 0 Å². The van der Waals surface area contributed by atoms with Crippen LogP contribution in [0.5, 0.6) is 0 Å². The van der Waals surface area contributed by atoms with Crippen molar-refractivity contribution < 1.29 is 13.6 Å². The van der Waals surface area contributed by atoms with E-state index in [0.29, 0.717) is 0 Å². The van der Waals surface area contributed by atoms with Crippen LogP contribution in [0, 0.1) is 11.6 Å². The normalized spacial score (nSPS) is 15.4. The van der Waals surface area contributed by atoms with Crippen molar-refractivity contribution in [2.45, 2.75) is 19.3 Å². The summed E-state index contributed by atoms with van der Waals surface area (Å²) in [5, 5.41) is 2.59. The lowest BCUT2D eigenvalue weighted by atomic mass is 10.1. The number of halogens is 2. The van der Waals surface area contributed by atoms with Crippen molar-refractivity contribution in [1.29, 1.82) is 0 Å². The number of anilines is 2. The molecule has 0 unspecified atom stereocenters. The van der Waals surface area contributed by atoms with E-state index in [1.54, 1.807) is 4.90 Å². The molecule has 1 saturated heterocycles. The van der Waals surface area contributed by atoms with Gasteiger partial charge in [0.15, 0.2) is 11.6 Å². The summed E-state index contributed by atoms with van der Waals surface area (Å²) in [7, 11) is 0. The third-order valence-electron chi connectivity index (χ3n) is 3.25. The van der Waals surface area contributed by atoms with Crippen LogP contribution >= 0.6 is 0 Å². The van der Waals surface area contributed by atoms with Crippen LogP contribution < -0.4 is 11.1 Å². The molecule has 4 nitrogen and oxygen atoms in total. The van der Waals surface area contributed by atoms with Gasteiger partial charge in [-0.3, -0.25) is 4.79 Å². The molecule has 1 aromatic carbocycles. The van der Waals surface area contributed by atoms with Gasteiger partial charge in [0.2, 0.25) is 5.91 Å². The number of hydrogen-bond acceptors (Lipinski definition) is 3. The summed E-state index contributed by atoms with van der Waals surface area (Å²) in [6.07, 6.45) is 3.10. The molecule has 104 valence electrons. The number of nitrogen functional groups attached to an aromatic ring is 1. The molecule has 1 amide bonds. The summed E-state index contributed by atoms with van der Waals surface area (Å²) in [6, 6.07) is 2.23. The Morgan fingerprint density at radius 3 is 2.63 bits per heavy atom. The highest BCUT2D eigenvalue weighted by Crippen LogP contribution is 2.24. The lowest BCUT2D eigenvalue weighted by Gasteiger charge is -2.27. The molecule has 0 spiro atoms. The Morgan fingerprint density at radius 2 is 1.95 bits per heavy atom. The van der Waals surface area contributed by atoms with E-state index < -0.39 is 11.6 Å². The quantitative estimate of drug-likeness (QED) is 0.825. The molecule has 0 radical (unpaired) electrons. The van der Waals surface area contributed by atoms with Crippen LogP contribution in [0.15, 0.2) is 12.1 Å². The van der Waals surface area contributed by atoms with Crippen molar-refractivity contribution in [1.82, 2.24) is 4.90 Å². The molecule has 0 aromatic heterocycles. The van der Waals surface area contributed by atoms with Gasteiger partial charge in [0.05, 0.1) is 17.9 Å². The zero-order chi connectivity index (χ0) is 13.8. The maximum atomic E-state index is 13.5. The molecule has 19 heavy (non-hydrogen) atoms. The minimum Gasteiger partial charge on any atom is -0.397 e. The molecule has 1 fully saturated rings. The predicted molar refractivity (Wildman–Crippen MR) is 69.7 cm³/mol. The van der Waals surface area contributed by atoms with Crippen molar-refractivity contribution in [2.24, 2.45) is 0 Å². The smallest absolute Gasteiger partial charge is 0.241 e. The zero-order valence-corrected chi connectivity index (χ0v) is 10.6. The largest absolute Gasteiger partial charge is 0.397 e. The molecule has 0 saturated carbocycles. The maximum Gasteiger partial charge on any atom is 0.241 e. The molecule has 0 bridgehead atoms. The summed E-state index contributed by atoms with van der Waals surface area (Å²) in [4.78, 5) is 13.6. The first kappa shape index (κ1) is 13.6. The Balaban J connectivity index is 1.98. The van der Waals surface area contributed by atoms with E-state index in [0.717, 1.165) is 38.4 Å². The van der Waals surface area contributed by atoms with E-state index >= 15 is 0 Å². The number of hydrogen-bond donors (Lipinski definition) is 2. The molecule has 1 heterocycles. The molecule has 1 aliphatic rings. The number of piperidine rings is 1. The van der Waals surface area contributed by atoms with Gasteiger partial charge < -0.3 is 16.0 Å². The minimum absolute atomic E-state index is 0.0788. The van der Waals surface area contributed by atoms with E-state index in [2.05, 4.69) is 5.32 Å². The Morgan fingerprint density at radius 1 is 1.26 bits per heavy atom. The fraction of sp³-hybridized carbons (Fsp3) is 0.462. The maximum absolute atomic E-state index is 13.5. The molecule has 6 heteroatoms. The molecule has 0 aliphatic carbocycles. The van der Waals surface area contributed by atoms with Gasteiger partial charge in [-0.1, -0.05) is 0 Å². The number of nitrogens with one attached hydrogen (secondary N) is 1. The topological polar surface area (TPSA) is 58.4 Å². The fourth-order valence-electron chi connectivity index (χ4n) is 2.16. The zero-order valence-electron chi connectivity index (χ0n) is 10.6. The van der Waals surface area contributed by atoms with Crippen molar-refractivity contribution in [3.8, 4) is 0 Å². The second-order valence-corrected chi connectivity index (χ2v) is 4.62. The highest BCUT2D eigenvalue weighted by molar-refractivity contribution is 5.82. The predicted octanol–water partition coefficient (Wildman–Crippen LogP) is 1.97. The summed E-state index contributed by atoms with van der Waals surface area (Å²) < 4.78 is 26.6. The highest BCUT2D eigenvalue weighted by Gasteiger charge is 2.18. The van der Waals surface area contributed by atoms with Gasteiger partial charge in [-0.2, -0.15) is 0 Å². The van der Waals surface area contributed by atoms with E-state index in [9.17, 15) is 13.6 Å². The fourth-order valence-corrected chi connectivity index (χ4v) is 2.16. The van der Waals surface area contributed by atoms with Crippen molar-refractivity contribution >= 4 is 17.3 Å². The number of nitrogens with two attached hydrogens (primary N) is 1. The second-order valence-electron chi connectivity index (χ2n) is 4.62. The molecule has 1 aromatic rings.